The molecule has 4 heteroatoms. The summed E-state index contributed by atoms with van der Waals surface area (Å²) in [5.41, 5.74) is 1.08. The van der Waals surface area contributed by atoms with Crippen molar-refractivity contribution >= 4 is 21.8 Å². The summed E-state index contributed by atoms with van der Waals surface area (Å²) in [6.07, 6.45) is 0.525. The van der Waals surface area contributed by atoms with Crippen LogP contribution in [0.15, 0.2) is 28.7 Å². The van der Waals surface area contributed by atoms with Crippen molar-refractivity contribution < 1.29 is 4.79 Å². The first-order chi connectivity index (χ1) is 6.75. The number of nitrogens with one attached hydrogen (secondary N) is 2. The van der Waals surface area contributed by atoms with Crippen LogP contribution in [0.2, 0.25) is 0 Å². The van der Waals surface area contributed by atoms with Gasteiger partial charge in [0.25, 0.3) is 0 Å². The number of benzene rings is 1. The monoisotopic (exact) mass is 254 g/mol. The summed E-state index contributed by atoms with van der Waals surface area (Å²) >= 11 is 3.37. The molecule has 2 N–H and O–H groups in total. The minimum absolute atomic E-state index is 0.0376. The number of halogens is 1. The Kier molecular flexibility index (Phi) is 2.84. The number of carbonyl (C=O) groups excluding carboxylic acids is 1. The van der Waals surface area contributed by atoms with Gasteiger partial charge >= 0.3 is 0 Å². The van der Waals surface area contributed by atoms with Crippen molar-refractivity contribution in [1.29, 1.82) is 0 Å². The predicted octanol–water partition coefficient (Wildman–Crippen LogP) is 1.56. The maximum Gasteiger partial charge on any atom is 0.222 e. The third-order valence-corrected chi connectivity index (χ3v) is 2.74. The highest BCUT2D eigenvalue weighted by molar-refractivity contribution is 9.10. The molecule has 1 aliphatic rings. The van der Waals surface area contributed by atoms with Gasteiger partial charge in [0.15, 0.2) is 0 Å². The topological polar surface area (TPSA) is 41.1 Å². The summed E-state index contributed by atoms with van der Waals surface area (Å²) in [7, 11) is 0. The molecule has 0 bridgehead atoms. The lowest BCUT2D eigenvalue weighted by molar-refractivity contribution is -0.123. The van der Waals surface area contributed by atoms with Crippen molar-refractivity contribution in [2.75, 3.05) is 6.54 Å². The summed E-state index contributed by atoms with van der Waals surface area (Å²) < 4.78 is 1.04. The van der Waals surface area contributed by atoms with Gasteiger partial charge in [0.1, 0.15) is 6.17 Å². The van der Waals surface area contributed by atoms with E-state index in [1.165, 1.54) is 0 Å². The van der Waals surface area contributed by atoms with Gasteiger partial charge in [-0.05, 0) is 17.7 Å². The van der Waals surface area contributed by atoms with Gasteiger partial charge in [-0.1, -0.05) is 28.1 Å². The Balaban J connectivity index is 2.14. The zero-order valence-corrected chi connectivity index (χ0v) is 9.17. The molecule has 0 unspecified atom stereocenters. The predicted molar refractivity (Wildman–Crippen MR) is 57.6 cm³/mol. The Morgan fingerprint density at radius 2 is 2.00 bits per heavy atom. The van der Waals surface area contributed by atoms with Crippen molar-refractivity contribution in [3.05, 3.63) is 34.3 Å². The molecule has 3 nitrogen and oxygen atoms in total. The molecule has 1 atom stereocenters. The Labute approximate surface area is 91.0 Å². The van der Waals surface area contributed by atoms with Crippen LogP contribution in [-0.4, -0.2) is 12.5 Å². The summed E-state index contributed by atoms with van der Waals surface area (Å²) in [5.74, 6) is 0.108. The Morgan fingerprint density at radius 1 is 1.29 bits per heavy atom. The van der Waals surface area contributed by atoms with Crippen LogP contribution in [-0.2, 0) is 4.79 Å². The minimum Gasteiger partial charge on any atom is -0.337 e. The molecular weight excluding hydrogens is 244 g/mol. The van der Waals surface area contributed by atoms with E-state index in [0.717, 1.165) is 16.6 Å². The zero-order chi connectivity index (χ0) is 9.97. The molecule has 74 valence electrons. The number of rotatable bonds is 1. The van der Waals surface area contributed by atoms with E-state index in [4.69, 9.17) is 0 Å². The first kappa shape index (κ1) is 9.68. The summed E-state index contributed by atoms with van der Waals surface area (Å²) in [5, 5.41) is 6.12. The highest BCUT2D eigenvalue weighted by atomic mass is 79.9. The van der Waals surface area contributed by atoms with Gasteiger partial charge in [-0.25, -0.2) is 0 Å². The van der Waals surface area contributed by atoms with Gasteiger partial charge in [0, 0.05) is 17.4 Å². The van der Waals surface area contributed by atoms with Crippen LogP contribution in [0, 0.1) is 0 Å². The largest absolute Gasteiger partial charge is 0.337 e. The lowest BCUT2D eigenvalue weighted by Crippen LogP contribution is -2.44. The van der Waals surface area contributed by atoms with Crippen molar-refractivity contribution in [3.8, 4) is 0 Å². The van der Waals surface area contributed by atoms with Gasteiger partial charge in [0.2, 0.25) is 5.91 Å². The molecule has 14 heavy (non-hydrogen) atoms. The summed E-state index contributed by atoms with van der Waals surface area (Å²) in [6, 6.07) is 7.93. The lowest BCUT2D eigenvalue weighted by atomic mass is 10.1. The second-order valence-corrected chi connectivity index (χ2v) is 4.17. The van der Waals surface area contributed by atoms with Crippen LogP contribution in [0.25, 0.3) is 0 Å². The fourth-order valence-corrected chi connectivity index (χ4v) is 1.73. The van der Waals surface area contributed by atoms with Crippen molar-refractivity contribution in [2.24, 2.45) is 0 Å². The number of hydrogen-bond donors (Lipinski definition) is 2. The van der Waals surface area contributed by atoms with E-state index >= 15 is 0 Å². The quantitative estimate of drug-likeness (QED) is 0.799. The van der Waals surface area contributed by atoms with Crippen LogP contribution in [0.3, 0.4) is 0 Å². The zero-order valence-electron chi connectivity index (χ0n) is 7.59. The molecular formula is C10H11BrN2O. The summed E-state index contributed by atoms with van der Waals surface area (Å²) in [6.45, 7) is 0.743. The van der Waals surface area contributed by atoms with Crippen molar-refractivity contribution in [3.63, 3.8) is 0 Å². The van der Waals surface area contributed by atoms with E-state index in [0.29, 0.717) is 6.42 Å². The van der Waals surface area contributed by atoms with E-state index in [-0.39, 0.29) is 12.1 Å². The lowest BCUT2D eigenvalue weighted by Gasteiger charge is -2.25. The highest BCUT2D eigenvalue weighted by Crippen LogP contribution is 2.16. The molecule has 1 amide bonds. The average Bonchev–Trinajstić information content (AvgIpc) is 2.19. The SMILES string of the molecule is O=C1CCN[C@H](c2ccc(Br)cc2)N1. The van der Waals surface area contributed by atoms with E-state index in [9.17, 15) is 4.79 Å². The van der Waals surface area contributed by atoms with Gasteiger partial charge in [-0.15, -0.1) is 0 Å². The number of carbonyl (C=O) groups is 1. The molecule has 0 saturated carbocycles. The smallest absolute Gasteiger partial charge is 0.222 e. The van der Waals surface area contributed by atoms with Gasteiger partial charge in [0.05, 0.1) is 0 Å². The fraction of sp³-hybridized carbons (Fsp3) is 0.300. The van der Waals surface area contributed by atoms with E-state index < -0.39 is 0 Å². The molecule has 0 spiro atoms. The summed E-state index contributed by atoms with van der Waals surface area (Å²) in [4.78, 5) is 11.2. The highest BCUT2D eigenvalue weighted by Gasteiger charge is 2.18. The minimum atomic E-state index is -0.0376. The first-order valence-electron chi connectivity index (χ1n) is 4.54. The number of amides is 1. The van der Waals surface area contributed by atoms with E-state index in [1.807, 2.05) is 24.3 Å². The molecule has 1 aliphatic heterocycles. The van der Waals surface area contributed by atoms with E-state index in [1.54, 1.807) is 0 Å². The first-order valence-corrected chi connectivity index (χ1v) is 5.33. The van der Waals surface area contributed by atoms with Crippen LogP contribution < -0.4 is 10.6 Å². The molecule has 1 heterocycles. The van der Waals surface area contributed by atoms with Crippen molar-refractivity contribution in [1.82, 2.24) is 10.6 Å². The molecule has 1 aromatic carbocycles. The van der Waals surface area contributed by atoms with Gasteiger partial charge < -0.3 is 5.32 Å². The van der Waals surface area contributed by atoms with Gasteiger partial charge in [-0.2, -0.15) is 0 Å². The maximum atomic E-state index is 11.2. The Morgan fingerprint density at radius 3 is 2.64 bits per heavy atom. The fourth-order valence-electron chi connectivity index (χ4n) is 1.47. The number of hydrogen-bond acceptors (Lipinski definition) is 2. The Hall–Kier alpha value is -0.870. The third kappa shape index (κ3) is 2.13. The normalized spacial score (nSPS) is 21.8. The van der Waals surface area contributed by atoms with Crippen LogP contribution in [0.5, 0.6) is 0 Å². The molecule has 1 fully saturated rings. The van der Waals surface area contributed by atoms with Crippen LogP contribution in [0.4, 0.5) is 0 Å². The van der Waals surface area contributed by atoms with Crippen LogP contribution in [0.1, 0.15) is 18.2 Å². The second-order valence-electron chi connectivity index (χ2n) is 3.26. The Bertz CT molecular complexity index is 336. The van der Waals surface area contributed by atoms with Crippen LogP contribution >= 0.6 is 15.9 Å². The molecule has 1 saturated heterocycles. The molecule has 0 aromatic heterocycles. The second kappa shape index (κ2) is 4.11. The molecule has 2 rings (SSSR count). The standard InChI is InChI=1S/C10H11BrN2O/c11-8-3-1-7(2-4-8)10-12-6-5-9(14)13-10/h1-4,10,12H,5-6H2,(H,13,14)/t10-/m0/s1. The molecule has 0 aliphatic carbocycles. The van der Waals surface area contributed by atoms with Gasteiger partial charge in [-0.3, -0.25) is 10.1 Å². The molecule has 0 radical (unpaired) electrons. The van der Waals surface area contributed by atoms with Crippen molar-refractivity contribution in [2.45, 2.75) is 12.6 Å². The third-order valence-electron chi connectivity index (χ3n) is 2.21. The average molecular weight is 255 g/mol. The molecule has 1 aromatic rings. The van der Waals surface area contributed by atoms with E-state index in [2.05, 4.69) is 26.6 Å². The maximum absolute atomic E-state index is 11.2.